The van der Waals surface area contributed by atoms with Crippen LogP contribution in [-0.2, 0) is 0 Å². The van der Waals surface area contributed by atoms with Crippen molar-refractivity contribution >= 4 is 11.3 Å². The number of nitrogens with two attached hydrogens (primary N) is 1. The SMILES string of the molecule is COc1ccc(C(CN)C(O)c2ccsc2)cc1OC. The summed E-state index contributed by atoms with van der Waals surface area (Å²) in [6.45, 7) is 0.354. The van der Waals surface area contributed by atoms with E-state index in [1.807, 2.05) is 35.0 Å². The Morgan fingerprint density at radius 2 is 1.90 bits per heavy atom. The molecular weight excluding hydrogens is 274 g/mol. The number of hydrogen-bond donors (Lipinski definition) is 2. The zero-order chi connectivity index (χ0) is 14.5. The first-order chi connectivity index (χ1) is 9.71. The van der Waals surface area contributed by atoms with Gasteiger partial charge in [-0.1, -0.05) is 6.07 Å². The van der Waals surface area contributed by atoms with Crippen LogP contribution in [0.1, 0.15) is 23.1 Å². The van der Waals surface area contributed by atoms with Crippen LogP contribution in [-0.4, -0.2) is 25.9 Å². The molecule has 0 fully saturated rings. The van der Waals surface area contributed by atoms with Crippen LogP contribution in [0.2, 0.25) is 0 Å². The van der Waals surface area contributed by atoms with E-state index in [9.17, 15) is 5.11 Å². The third-order valence-electron chi connectivity index (χ3n) is 3.36. The maximum atomic E-state index is 10.5. The molecule has 108 valence electrons. The summed E-state index contributed by atoms with van der Waals surface area (Å²) in [5, 5.41) is 14.4. The normalized spacial score (nSPS) is 13.8. The predicted octanol–water partition coefficient (Wildman–Crippen LogP) is 2.54. The Morgan fingerprint density at radius 1 is 1.15 bits per heavy atom. The predicted molar refractivity (Wildman–Crippen MR) is 80.6 cm³/mol. The largest absolute Gasteiger partial charge is 0.493 e. The fourth-order valence-corrected chi connectivity index (χ4v) is 2.90. The second kappa shape index (κ2) is 6.74. The first-order valence-corrected chi connectivity index (χ1v) is 7.27. The van der Waals surface area contributed by atoms with Crippen LogP contribution in [0.4, 0.5) is 0 Å². The first kappa shape index (κ1) is 14.8. The van der Waals surface area contributed by atoms with Crippen LogP contribution in [0.3, 0.4) is 0 Å². The fraction of sp³-hybridized carbons (Fsp3) is 0.333. The summed E-state index contributed by atoms with van der Waals surface area (Å²) in [6.07, 6.45) is -0.621. The van der Waals surface area contributed by atoms with Crippen molar-refractivity contribution < 1.29 is 14.6 Å². The molecule has 2 atom stereocenters. The van der Waals surface area contributed by atoms with E-state index < -0.39 is 6.10 Å². The molecular formula is C15H19NO3S. The van der Waals surface area contributed by atoms with Gasteiger partial charge in [0.05, 0.1) is 20.3 Å². The molecule has 3 N–H and O–H groups in total. The number of aliphatic hydroxyl groups excluding tert-OH is 1. The number of thiophene rings is 1. The zero-order valence-corrected chi connectivity index (χ0v) is 12.4. The average Bonchev–Trinajstić information content (AvgIpc) is 3.01. The van der Waals surface area contributed by atoms with Crippen LogP contribution in [0.15, 0.2) is 35.0 Å². The van der Waals surface area contributed by atoms with Crippen molar-refractivity contribution in [2.24, 2.45) is 5.73 Å². The van der Waals surface area contributed by atoms with Crippen molar-refractivity contribution in [2.45, 2.75) is 12.0 Å². The summed E-state index contributed by atoms with van der Waals surface area (Å²) in [7, 11) is 3.19. The second-order valence-electron chi connectivity index (χ2n) is 4.46. The molecule has 4 nitrogen and oxygen atoms in total. The molecule has 0 saturated heterocycles. The fourth-order valence-electron chi connectivity index (χ4n) is 2.21. The van der Waals surface area contributed by atoms with Crippen molar-refractivity contribution in [2.75, 3.05) is 20.8 Å². The molecule has 20 heavy (non-hydrogen) atoms. The van der Waals surface area contributed by atoms with Gasteiger partial charge < -0.3 is 20.3 Å². The van der Waals surface area contributed by atoms with Crippen LogP contribution < -0.4 is 15.2 Å². The number of aliphatic hydroxyl groups is 1. The van der Waals surface area contributed by atoms with Gasteiger partial charge in [-0.25, -0.2) is 0 Å². The maximum Gasteiger partial charge on any atom is 0.160 e. The van der Waals surface area contributed by atoms with Crippen LogP contribution in [0.5, 0.6) is 11.5 Å². The van der Waals surface area contributed by atoms with E-state index in [4.69, 9.17) is 15.2 Å². The molecule has 0 aliphatic heterocycles. The summed E-state index contributed by atoms with van der Waals surface area (Å²) in [4.78, 5) is 0. The molecule has 5 heteroatoms. The molecule has 0 amide bonds. The van der Waals surface area contributed by atoms with E-state index >= 15 is 0 Å². The van der Waals surface area contributed by atoms with Gasteiger partial charge in [0.2, 0.25) is 0 Å². The van der Waals surface area contributed by atoms with Crippen molar-refractivity contribution in [1.82, 2.24) is 0 Å². The number of ether oxygens (including phenoxy) is 2. The molecule has 0 spiro atoms. The Hall–Kier alpha value is -1.56. The molecule has 1 heterocycles. The summed E-state index contributed by atoms with van der Waals surface area (Å²) in [5.74, 6) is 1.13. The van der Waals surface area contributed by atoms with Crippen molar-refractivity contribution in [3.63, 3.8) is 0 Å². The minimum Gasteiger partial charge on any atom is -0.493 e. The molecule has 2 unspecified atom stereocenters. The molecule has 2 rings (SSSR count). The number of methoxy groups -OCH3 is 2. The second-order valence-corrected chi connectivity index (χ2v) is 5.24. The quantitative estimate of drug-likeness (QED) is 0.859. The van der Waals surface area contributed by atoms with Crippen molar-refractivity contribution in [3.05, 3.63) is 46.2 Å². The molecule has 1 aromatic heterocycles. The molecule has 1 aromatic carbocycles. The molecule has 0 aliphatic rings. The highest BCUT2D eigenvalue weighted by atomic mass is 32.1. The number of hydrogen-bond acceptors (Lipinski definition) is 5. The highest BCUT2D eigenvalue weighted by Crippen LogP contribution is 2.36. The van der Waals surface area contributed by atoms with Crippen molar-refractivity contribution in [1.29, 1.82) is 0 Å². The number of rotatable bonds is 6. The van der Waals surface area contributed by atoms with E-state index in [-0.39, 0.29) is 5.92 Å². The van der Waals surface area contributed by atoms with E-state index in [1.165, 1.54) is 0 Å². The average molecular weight is 293 g/mol. The minimum atomic E-state index is -0.621. The highest BCUT2D eigenvalue weighted by molar-refractivity contribution is 7.07. The Balaban J connectivity index is 2.32. The van der Waals surface area contributed by atoms with Gasteiger partial charge in [-0.05, 0) is 40.1 Å². The Bertz CT molecular complexity index is 542. The van der Waals surface area contributed by atoms with Gasteiger partial charge in [0, 0.05) is 12.5 Å². The topological polar surface area (TPSA) is 64.7 Å². The Labute approximate surface area is 122 Å². The lowest BCUT2D eigenvalue weighted by molar-refractivity contribution is 0.147. The standard InChI is InChI=1S/C15H19NO3S/c1-18-13-4-3-10(7-14(13)19-2)12(8-16)15(17)11-5-6-20-9-11/h3-7,9,12,15,17H,8,16H2,1-2H3. The summed E-state index contributed by atoms with van der Waals surface area (Å²) in [5.41, 5.74) is 7.67. The summed E-state index contributed by atoms with van der Waals surface area (Å²) < 4.78 is 10.5. The lowest BCUT2D eigenvalue weighted by atomic mass is 9.90. The molecule has 0 saturated carbocycles. The smallest absolute Gasteiger partial charge is 0.160 e. The molecule has 0 bridgehead atoms. The Morgan fingerprint density at radius 3 is 2.45 bits per heavy atom. The van der Waals surface area contributed by atoms with Crippen LogP contribution in [0.25, 0.3) is 0 Å². The van der Waals surface area contributed by atoms with Gasteiger partial charge in [0.1, 0.15) is 0 Å². The summed E-state index contributed by atoms with van der Waals surface area (Å²) >= 11 is 1.56. The van der Waals surface area contributed by atoms with E-state index in [2.05, 4.69) is 0 Å². The maximum absolute atomic E-state index is 10.5. The zero-order valence-electron chi connectivity index (χ0n) is 11.6. The van der Waals surface area contributed by atoms with E-state index in [0.717, 1.165) is 11.1 Å². The van der Waals surface area contributed by atoms with Gasteiger partial charge in [-0.2, -0.15) is 11.3 Å². The van der Waals surface area contributed by atoms with Crippen LogP contribution in [0, 0.1) is 0 Å². The van der Waals surface area contributed by atoms with Crippen LogP contribution >= 0.6 is 11.3 Å². The van der Waals surface area contributed by atoms with Gasteiger partial charge in [-0.3, -0.25) is 0 Å². The third kappa shape index (κ3) is 2.95. The van der Waals surface area contributed by atoms with Crippen molar-refractivity contribution in [3.8, 4) is 11.5 Å². The minimum absolute atomic E-state index is 0.176. The summed E-state index contributed by atoms with van der Waals surface area (Å²) in [6, 6.07) is 7.52. The molecule has 0 aliphatic carbocycles. The van der Waals surface area contributed by atoms with Gasteiger partial charge >= 0.3 is 0 Å². The van der Waals surface area contributed by atoms with Gasteiger partial charge in [-0.15, -0.1) is 0 Å². The first-order valence-electron chi connectivity index (χ1n) is 6.33. The van der Waals surface area contributed by atoms with Gasteiger partial charge in [0.15, 0.2) is 11.5 Å². The van der Waals surface area contributed by atoms with Gasteiger partial charge in [0.25, 0.3) is 0 Å². The third-order valence-corrected chi connectivity index (χ3v) is 4.06. The van der Waals surface area contributed by atoms with E-state index in [0.29, 0.717) is 18.0 Å². The monoisotopic (exact) mass is 293 g/mol. The number of benzene rings is 1. The molecule has 0 radical (unpaired) electrons. The lowest BCUT2D eigenvalue weighted by Crippen LogP contribution is -2.20. The lowest BCUT2D eigenvalue weighted by Gasteiger charge is -2.22. The van der Waals surface area contributed by atoms with E-state index in [1.54, 1.807) is 25.6 Å². The highest BCUT2D eigenvalue weighted by Gasteiger charge is 2.23. The Kier molecular flexibility index (Phi) is 5.00. The molecule has 2 aromatic rings.